The lowest BCUT2D eigenvalue weighted by atomic mass is 9.87. The van der Waals surface area contributed by atoms with Crippen molar-refractivity contribution in [2.45, 2.75) is 51.2 Å². The molecule has 1 saturated heterocycles. The van der Waals surface area contributed by atoms with E-state index in [1.54, 1.807) is 13.3 Å². The van der Waals surface area contributed by atoms with E-state index < -0.39 is 11.7 Å². The fourth-order valence-electron chi connectivity index (χ4n) is 2.53. The minimum absolute atomic E-state index is 0.182. The summed E-state index contributed by atoms with van der Waals surface area (Å²) in [6.45, 7) is 7.42. The molecular formula is C15H25N3O3. The van der Waals surface area contributed by atoms with E-state index in [0.717, 1.165) is 31.6 Å². The first-order valence-corrected chi connectivity index (χ1v) is 7.36. The van der Waals surface area contributed by atoms with Crippen LogP contribution < -0.4 is 5.32 Å². The molecular weight excluding hydrogens is 270 g/mol. The summed E-state index contributed by atoms with van der Waals surface area (Å²) in [5, 5.41) is 3.33. The number of ether oxygens (including phenoxy) is 2. The van der Waals surface area contributed by atoms with Gasteiger partial charge in [-0.2, -0.15) is 0 Å². The van der Waals surface area contributed by atoms with Crippen molar-refractivity contribution < 1.29 is 14.3 Å². The Hall–Kier alpha value is -1.40. The second-order valence-electron chi connectivity index (χ2n) is 6.57. The smallest absolute Gasteiger partial charge is 0.419 e. The van der Waals surface area contributed by atoms with Gasteiger partial charge in [-0.15, -0.1) is 0 Å². The number of aromatic nitrogens is 2. The quantitative estimate of drug-likeness (QED) is 0.923. The average Bonchev–Trinajstić information content (AvgIpc) is 2.86. The maximum atomic E-state index is 12.0. The van der Waals surface area contributed by atoms with Gasteiger partial charge in [-0.3, -0.25) is 0 Å². The summed E-state index contributed by atoms with van der Waals surface area (Å²) < 4.78 is 12.4. The standard InChI is InChI=1S/C15H25N3O3/c1-14(2,3)21-13(19)18-10-12(17-11-18)9-15(20-4)5-7-16-8-6-15/h10-11,16H,5-9H2,1-4H3. The zero-order chi connectivity index (χ0) is 15.5. The van der Waals surface area contributed by atoms with Crippen LogP contribution in [0.2, 0.25) is 0 Å². The van der Waals surface area contributed by atoms with E-state index in [1.807, 2.05) is 20.8 Å². The number of imidazole rings is 1. The number of piperidine rings is 1. The molecule has 1 aromatic heterocycles. The van der Waals surface area contributed by atoms with Crippen LogP contribution in [0.4, 0.5) is 4.79 Å². The molecule has 1 aromatic rings. The van der Waals surface area contributed by atoms with Crippen LogP contribution in [0.15, 0.2) is 12.5 Å². The summed E-state index contributed by atoms with van der Waals surface area (Å²) in [5.41, 5.74) is 0.160. The third-order valence-corrected chi connectivity index (χ3v) is 3.69. The van der Waals surface area contributed by atoms with Gasteiger partial charge in [0.15, 0.2) is 0 Å². The van der Waals surface area contributed by atoms with Gasteiger partial charge in [-0.1, -0.05) is 0 Å². The molecule has 0 atom stereocenters. The molecule has 21 heavy (non-hydrogen) atoms. The van der Waals surface area contributed by atoms with Gasteiger partial charge < -0.3 is 14.8 Å². The highest BCUT2D eigenvalue weighted by Crippen LogP contribution is 2.26. The summed E-state index contributed by atoms with van der Waals surface area (Å²) in [4.78, 5) is 16.3. The summed E-state index contributed by atoms with van der Waals surface area (Å²) in [6.07, 6.45) is 5.44. The Morgan fingerprint density at radius 3 is 2.67 bits per heavy atom. The van der Waals surface area contributed by atoms with Gasteiger partial charge in [0, 0.05) is 19.7 Å². The van der Waals surface area contributed by atoms with Gasteiger partial charge in [0.1, 0.15) is 11.9 Å². The summed E-state index contributed by atoms with van der Waals surface area (Å²) in [5.74, 6) is 0. The van der Waals surface area contributed by atoms with Crippen molar-refractivity contribution in [2.75, 3.05) is 20.2 Å². The number of hydrogen-bond donors (Lipinski definition) is 1. The van der Waals surface area contributed by atoms with Crippen molar-refractivity contribution in [3.8, 4) is 0 Å². The van der Waals surface area contributed by atoms with Gasteiger partial charge in [0.05, 0.1) is 11.3 Å². The second-order valence-corrected chi connectivity index (χ2v) is 6.57. The highest BCUT2D eigenvalue weighted by molar-refractivity contribution is 5.70. The molecule has 0 radical (unpaired) electrons. The van der Waals surface area contributed by atoms with E-state index in [2.05, 4.69) is 10.3 Å². The van der Waals surface area contributed by atoms with Crippen molar-refractivity contribution in [1.29, 1.82) is 0 Å². The summed E-state index contributed by atoms with van der Waals surface area (Å²) in [6, 6.07) is 0. The summed E-state index contributed by atoms with van der Waals surface area (Å²) in [7, 11) is 1.75. The van der Waals surface area contributed by atoms with Crippen LogP contribution in [-0.4, -0.2) is 47.0 Å². The minimum atomic E-state index is -0.510. The van der Waals surface area contributed by atoms with E-state index in [4.69, 9.17) is 9.47 Å². The molecule has 1 fully saturated rings. The van der Waals surface area contributed by atoms with Crippen LogP contribution in [0, 0.1) is 0 Å². The summed E-state index contributed by atoms with van der Waals surface area (Å²) >= 11 is 0. The molecule has 0 aromatic carbocycles. The van der Waals surface area contributed by atoms with Crippen molar-refractivity contribution in [1.82, 2.24) is 14.9 Å². The van der Waals surface area contributed by atoms with Crippen LogP contribution in [0.5, 0.6) is 0 Å². The Balaban J connectivity index is 2.04. The molecule has 0 saturated carbocycles. The third kappa shape index (κ3) is 4.28. The first kappa shape index (κ1) is 16.0. The number of nitrogens with zero attached hydrogens (tertiary/aromatic N) is 2. The largest absolute Gasteiger partial charge is 0.443 e. The predicted molar refractivity (Wildman–Crippen MR) is 79.4 cm³/mol. The Labute approximate surface area is 125 Å². The molecule has 0 spiro atoms. The first-order valence-electron chi connectivity index (χ1n) is 7.36. The van der Waals surface area contributed by atoms with Crippen molar-refractivity contribution >= 4 is 6.09 Å². The Morgan fingerprint density at radius 1 is 1.43 bits per heavy atom. The first-order chi connectivity index (χ1) is 9.84. The van der Waals surface area contributed by atoms with Crippen LogP contribution in [0.3, 0.4) is 0 Å². The fraction of sp³-hybridized carbons (Fsp3) is 0.733. The van der Waals surface area contributed by atoms with Crippen LogP contribution in [-0.2, 0) is 15.9 Å². The topological polar surface area (TPSA) is 65.4 Å². The molecule has 1 N–H and O–H groups in total. The molecule has 2 heterocycles. The number of rotatable bonds is 3. The Bertz CT molecular complexity index is 485. The van der Waals surface area contributed by atoms with Crippen molar-refractivity contribution in [3.63, 3.8) is 0 Å². The van der Waals surface area contributed by atoms with E-state index in [-0.39, 0.29) is 5.60 Å². The second kappa shape index (κ2) is 6.15. The van der Waals surface area contributed by atoms with Crippen molar-refractivity contribution in [3.05, 3.63) is 18.2 Å². The molecule has 118 valence electrons. The van der Waals surface area contributed by atoms with Gasteiger partial charge in [-0.05, 0) is 46.7 Å². The molecule has 1 aliphatic rings. The SMILES string of the molecule is COC1(Cc2cn(C(=O)OC(C)(C)C)cn2)CCNCC1. The van der Waals surface area contributed by atoms with Crippen molar-refractivity contribution in [2.24, 2.45) is 0 Å². The molecule has 2 rings (SSSR count). The highest BCUT2D eigenvalue weighted by Gasteiger charge is 2.33. The number of methoxy groups -OCH3 is 1. The molecule has 6 nitrogen and oxygen atoms in total. The minimum Gasteiger partial charge on any atom is -0.443 e. The number of carbonyl (C=O) groups excluding carboxylic acids is 1. The number of nitrogens with one attached hydrogen (secondary N) is 1. The fourth-order valence-corrected chi connectivity index (χ4v) is 2.53. The van der Waals surface area contributed by atoms with Crippen LogP contribution in [0.1, 0.15) is 39.3 Å². The van der Waals surface area contributed by atoms with Gasteiger partial charge in [0.25, 0.3) is 0 Å². The van der Waals surface area contributed by atoms with E-state index in [0.29, 0.717) is 6.42 Å². The Kier molecular flexibility index (Phi) is 4.68. The molecule has 0 unspecified atom stereocenters. The average molecular weight is 295 g/mol. The molecule has 1 aliphatic heterocycles. The van der Waals surface area contributed by atoms with Gasteiger partial charge >= 0.3 is 6.09 Å². The monoisotopic (exact) mass is 295 g/mol. The number of carbonyl (C=O) groups is 1. The molecule has 0 bridgehead atoms. The lowest BCUT2D eigenvalue weighted by molar-refractivity contribution is -0.0340. The molecule has 6 heteroatoms. The maximum Gasteiger partial charge on any atom is 0.419 e. The lowest BCUT2D eigenvalue weighted by Gasteiger charge is -2.35. The molecule has 0 amide bonds. The van der Waals surface area contributed by atoms with E-state index in [9.17, 15) is 4.79 Å². The normalized spacial score (nSPS) is 18.5. The zero-order valence-corrected chi connectivity index (χ0v) is 13.3. The number of hydrogen-bond acceptors (Lipinski definition) is 5. The van der Waals surface area contributed by atoms with Gasteiger partial charge in [0.2, 0.25) is 0 Å². The van der Waals surface area contributed by atoms with Gasteiger partial charge in [-0.25, -0.2) is 14.3 Å². The van der Waals surface area contributed by atoms with E-state index >= 15 is 0 Å². The zero-order valence-electron chi connectivity index (χ0n) is 13.3. The Morgan fingerprint density at radius 2 is 2.10 bits per heavy atom. The third-order valence-electron chi connectivity index (χ3n) is 3.69. The maximum absolute atomic E-state index is 12.0. The van der Waals surface area contributed by atoms with Crippen LogP contribution in [0.25, 0.3) is 0 Å². The predicted octanol–water partition coefficient (Wildman–Crippen LogP) is 1.98. The lowest BCUT2D eigenvalue weighted by Crippen LogP contribution is -2.45. The highest BCUT2D eigenvalue weighted by atomic mass is 16.6. The van der Waals surface area contributed by atoms with E-state index in [1.165, 1.54) is 10.9 Å². The van der Waals surface area contributed by atoms with Crippen LogP contribution >= 0.6 is 0 Å². The molecule has 0 aliphatic carbocycles.